The van der Waals surface area contributed by atoms with Crippen LogP contribution in [-0.4, -0.2) is 26.8 Å². The molecule has 1 N–H and O–H groups in total. The van der Waals surface area contributed by atoms with Crippen molar-refractivity contribution in [2.45, 2.75) is 25.7 Å². The van der Waals surface area contributed by atoms with Gasteiger partial charge < -0.3 is 10.1 Å². The van der Waals surface area contributed by atoms with Crippen LogP contribution in [0.2, 0.25) is 0 Å². The topological polar surface area (TPSA) is 21.3 Å². The molecule has 2 heteroatoms. The highest BCUT2D eigenvalue weighted by molar-refractivity contribution is 5.02. The first-order valence-corrected chi connectivity index (χ1v) is 5.10. The van der Waals surface area contributed by atoms with Crippen molar-refractivity contribution in [2.24, 2.45) is 11.3 Å². The molecule has 12 heavy (non-hydrogen) atoms. The molecular formula is C10H19NO. The lowest BCUT2D eigenvalue weighted by Gasteiger charge is -2.22. The van der Waals surface area contributed by atoms with E-state index in [1.807, 2.05) is 7.05 Å². The SMILES string of the molecule is CNCCC1CC12CCOCC2. The number of rotatable bonds is 3. The van der Waals surface area contributed by atoms with Crippen LogP contribution in [0.25, 0.3) is 0 Å². The van der Waals surface area contributed by atoms with E-state index in [9.17, 15) is 0 Å². The molecule has 1 aliphatic heterocycles. The lowest BCUT2D eigenvalue weighted by molar-refractivity contribution is 0.0516. The van der Waals surface area contributed by atoms with E-state index in [0.717, 1.165) is 24.5 Å². The lowest BCUT2D eigenvalue weighted by atomic mass is 9.93. The quantitative estimate of drug-likeness (QED) is 0.689. The summed E-state index contributed by atoms with van der Waals surface area (Å²) in [7, 11) is 2.04. The van der Waals surface area contributed by atoms with Crippen LogP contribution in [0, 0.1) is 11.3 Å². The average Bonchev–Trinajstić information content (AvgIpc) is 2.77. The zero-order valence-electron chi connectivity index (χ0n) is 7.94. The molecule has 70 valence electrons. The summed E-state index contributed by atoms with van der Waals surface area (Å²) in [5.41, 5.74) is 0.731. The van der Waals surface area contributed by atoms with Gasteiger partial charge in [-0.3, -0.25) is 0 Å². The van der Waals surface area contributed by atoms with Crippen molar-refractivity contribution >= 4 is 0 Å². The molecule has 1 spiro atoms. The number of hydrogen-bond acceptors (Lipinski definition) is 2. The fourth-order valence-corrected chi connectivity index (χ4v) is 2.55. The third-order valence-electron chi connectivity index (χ3n) is 3.59. The molecule has 0 bridgehead atoms. The summed E-state index contributed by atoms with van der Waals surface area (Å²) < 4.78 is 5.38. The second-order valence-electron chi connectivity index (χ2n) is 4.27. The molecule has 2 rings (SSSR count). The molecule has 2 nitrogen and oxygen atoms in total. The van der Waals surface area contributed by atoms with Crippen molar-refractivity contribution in [3.8, 4) is 0 Å². The number of ether oxygens (including phenoxy) is 1. The van der Waals surface area contributed by atoms with Crippen molar-refractivity contribution in [3.05, 3.63) is 0 Å². The van der Waals surface area contributed by atoms with E-state index in [4.69, 9.17) is 4.74 Å². The molecule has 1 unspecified atom stereocenters. The molecule has 2 fully saturated rings. The lowest BCUT2D eigenvalue weighted by Crippen LogP contribution is -2.19. The van der Waals surface area contributed by atoms with Crippen molar-refractivity contribution in [2.75, 3.05) is 26.8 Å². The van der Waals surface area contributed by atoms with Crippen LogP contribution in [0.1, 0.15) is 25.7 Å². The van der Waals surface area contributed by atoms with Gasteiger partial charge in [-0.2, -0.15) is 0 Å². The Morgan fingerprint density at radius 1 is 1.42 bits per heavy atom. The van der Waals surface area contributed by atoms with Crippen LogP contribution in [0.15, 0.2) is 0 Å². The highest BCUT2D eigenvalue weighted by Gasteiger charge is 2.53. The van der Waals surface area contributed by atoms with Gasteiger partial charge in [0.25, 0.3) is 0 Å². The zero-order chi connectivity index (χ0) is 8.44. The fourth-order valence-electron chi connectivity index (χ4n) is 2.55. The monoisotopic (exact) mass is 169 g/mol. The molecule has 2 aliphatic rings. The van der Waals surface area contributed by atoms with Crippen LogP contribution in [0.3, 0.4) is 0 Å². The Balaban J connectivity index is 1.75. The summed E-state index contributed by atoms with van der Waals surface area (Å²) in [5, 5.41) is 3.23. The highest BCUT2D eigenvalue weighted by Crippen LogP contribution is 2.60. The molecule has 0 aromatic carbocycles. The predicted octanol–water partition coefficient (Wildman–Crippen LogP) is 1.41. The predicted molar refractivity (Wildman–Crippen MR) is 49.1 cm³/mol. The van der Waals surface area contributed by atoms with Crippen molar-refractivity contribution < 1.29 is 4.74 Å². The average molecular weight is 169 g/mol. The van der Waals surface area contributed by atoms with Crippen LogP contribution in [-0.2, 0) is 4.74 Å². The van der Waals surface area contributed by atoms with Gasteiger partial charge in [0.05, 0.1) is 0 Å². The maximum Gasteiger partial charge on any atom is 0.0471 e. The van der Waals surface area contributed by atoms with Crippen molar-refractivity contribution in [1.29, 1.82) is 0 Å². The molecule has 0 amide bonds. The first kappa shape index (κ1) is 8.52. The summed E-state index contributed by atoms with van der Waals surface area (Å²) in [4.78, 5) is 0. The maximum absolute atomic E-state index is 5.38. The van der Waals surface area contributed by atoms with E-state index in [1.54, 1.807) is 0 Å². The van der Waals surface area contributed by atoms with Gasteiger partial charge in [0.15, 0.2) is 0 Å². The summed E-state index contributed by atoms with van der Waals surface area (Å²) in [5.74, 6) is 1.01. The summed E-state index contributed by atoms with van der Waals surface area (Å²) in [6.45, 7) is 3.21. The van der Waals surface area contributed by atoms with Crippen LogP contribution < -0.4 is 5.32 Å². The molecule has 0 aromatic heterocycles. The number of hydrogen-bond donors (Lipinski definition) is 1. The molecule has 1 heterocycles. The molecule has 1 saturated heterocycles. The molecule has 0 radical (unpaired) electrons. The Hall–Kier alpha value is -0.0800. The second kappa shape index (κ2) is 3.35. The van der Waals surface area contributed by atoms with Gasteiger partial charge in [-0.1, -0.05) is 0 Å². The van der Waals surface area contributed by atoms with Crippen LogP contribution >= 0.6 is 0 Å². The first-order chi connectivity index (χ1) is 5.87. The standard InChI is InChI=1S/C10H19NO/c1-11-5-2-9-8-10(9)3-6-12-7-4-10/h9,11H,2-8H2,1H3. The minimum absolute atomic E-state index is 0.731. The van der Waals surface area contributed by atoms with Crippen LogP contribution in [0.4, 0.5) is 0 Å². The van der Waals surface area contributed by atoms with Gasteiger partial charge in [0, 0.05) is 13.2 Å². The van der Waals surface area contributed by atoms with E-state index < -0.39 is 0 Å². The smallest absolute Gasteiger partial charge is 0.0471 e. The van der Waals surface area contributed by atoms with E-state index in [-0.39, 0.29) is 0 Å². The normalized spacial score (nSPS) is 32.2. The van der Waals surface area contributed by atoms with Crippen LogP contribution in [0.5, 0.6) is 0 Å². The first-order valence-electron chi connectivity index (χ1n) is 5.10. The molecule has 1 saturated carbocycles. The van der Waals surface area contributed by atoms with Gasteiger partial charge in [-0.15, -0.1) is 0 Å². The molecule has 1 aliphatic carbocycles. The van der Waals surface area contributed by atoms with E-state index in [2.05, 4.69) is 5.32 Å². The van der Waals surface area contributed by atoms with Crippen molar-refractivity contribution in [3.63, 3.8) is 0 Å². The highest BCUT2D eigenvalue weighted by atomic mass is 16.5. The van der Waals surface area contributed by atoms with E-state index in [0.29, 0.717) is 0 Å². The van der Waals surface area contributed by atoms with Gasteiger partial charge in [0.2, 0.25) is 0 Å². The maximum atomic E-state index is 5.38. The van der Waals surface area contributed by atoms with Crippen molar-refractivity contribution in [1.82, 2.24) is 5.32 Å². The van der Waals surface area contributed by atoms with E-state index >= 15 is 0 Å². The minimum Gasteiger partial charge on any atom is -0.381 e. The fraction of sp³-hybridized carbons (Fsp3) is 1.00. The Morgan fingerprint density at radius 3 is 2.83 bits per heavy atom. The summed E-state index contributed by atoms with van der Waals surface area (Å²) in [6.07, 6.45) is 5.48. The zero-order valence-corrected chi connectivity index (χ0v) is 7.94. The summed E-state index contributed by atoms with van der Waals surface area (Å²) >= 11 is 0. The number of nitrogens with one attached hydrogen (secondary N) is 1. The Kier molecular flexibility index (Phi) is 2.37. The van der Waals surface area contributed by atoms with Gasteiger partial charge in [0.1, 0.15) is 0 Å². The van der Waals surface area contributed by atoms with Gasteiger partial charge >= 0.3 is 0 Å². The largest absolute Gasteiger partial charge is 0.381 e. The Morgan fingerprint density at radius 2 is 2.17 bits per heavy atom. The van der Waals surface area contributed by atoms with Gasteiger partial charge in [-0.25, -0.2) is 0 Å². The van der Waals surface area contributed by atoms with Gasteiger partial charge in [-0.05, 0) is 50.6 Å². The molecular weight excluding hydrogens is 150 g/mol. The van der Waals surface area contributed by atoms with E-state index in [1.165, 1.54) is 32.2 Å². The third kappa shape index (κ3) is 1.50. The second-order valence-corrected chi connectivity index (χ2v) is 4.27. The third-order valence-corrected chi connectivity index (χ3v) is 3.59. The summed E-state index contributed by atoms with van der Waals surface area (Å²) in [6, 6.07) is 0. The Labute approximate surface area is 74.7 Å². The molecule has 0 aromatic rings. The minimum atomic E-state index is 0.731. The Bertz CT molecular complexity index is 150. The molecule has 1 atom stereocenters.